The van der Waals surface area contributed by atoms with Crippen LogP contribution >= 0.6 is 11.8 Å². The summed E-state index contributed by atoms with van der Waals surface area (Å²) >= 11 is 1.48. The fourth-order valence-corrected chi connectivity index (χ4v) is 5.62. The van der Waals surface area contributed by atoms with Crippen molar-refractivity contribution < 1.29 is 28.6 Å². The van der Waals surface area contributed by atoms with E-state index < -0.39 is 6.09 Å². The van der Waals surface area contributed by atoms with E-state index in [4.69, 9.17) is 14.2 Å². The second-order valence-corrected chi connectivity index (χ2v) is 10.6. The number of amides is 2. The molecular formula is C28H31N5O6S. The number of hydrogen-bond acceptors (Lipinski definition) is 10. The number of anilines is 2. The normalized spacial score (nSPS) is 16.6. The number of pyridine rings is 2. The molecule has 11 nitrogen and oxygen atoms in total. The predicted molar refractivity (Wildman–Crippen MR) is 151 cm³/mol. The minimum atomic E-state index is -0.398. The van der Waals surface area contributed by atoms with Gasteiger partial charge in [-0.2, -0.15) is 0 Å². The summed E-state index contributed by atoms with van der Waals surface area (Å²) in [5.41, 5.74) is 3.91. The summed E-state index contributed by atoms with van der Waals surface area (Å²) < 4.78 is 15.8. The number of nitrogens with zero attached hydrogens (tertiary/aromatic N) is 4. The lowest BCUT2D eigenvalue weighted by Crippen LogP contribution is -2.29. The highest BCUT2D eigenvalue weighted by atomic mass is 32.2. The molecule has 0 spiro atoms. The van der Waals surface area contributed by atoms with Gasteiger partial charge in [0.25, 0.3) is 0 Å². The fourth-order valence-electron chi connectivity index (χ4n) is 4.83. The standard InChI is InChI=1S/C28H31N5O6S/c1-37-25-8-6-21-27(31-25)18(9-11-29-21)15-32(13-10-26(35)38-2)12-3-4-20-16-33(28(36)39-20)19-5-7-23-22(14-19)30-24(34)17-40-23/h5-9,11,14,20H,3-4,10,12-13,15-17H2,1-2H3,(H,30,34)/t20-/m0/s1. The van der Waals surface area contributed by atoms with Gasteiger partial charge in [-0.25, -0.2) is 9.78 Å². The van der Waals surface area contributed by atoms with Crippen LogP contribution in [0, 0.1) is 0 Å². The van der Waals surface area contributed by atoms with Gasteiger partial charge in [0.1, 0.15) is 6.10 Å². The smallest absolute Gasteiger partial charge is 0.414 e. The average molecular weight is 566 g/mol. The minimum absolute atomic E-state index is 0.0528. The number of benzene rings is 1. The highest BCUT2D eigenvalue weighted by molar-refractivity contribution is 8.00. The van der Waals surface area contributed by atoms with Crippen molar-refractivity contribution in [3.8, 4) is 5.88 Å². The van der Waals surface area contributed by atoms with Gasteiger partial charge < -0.3 is 19.5 Å². The summed E-state index contributed by atoms with van der Waals surface area (Å²) in [7, 11) is 2.96. The van der Waals surface area contributed by atoms with Crippen LogP contribution in [0.2, 0.25) is 0 Å². The van der Waals surface area contributed by atoms with Crippen LogP contribution in [0.5, 0.6) is 5.88 Å². The van der Waals surface area contributed by atoms with E-state index in [9.17, 15) is 14.4 Å². The van der Waals surface area contributed by atoms with Crippen molar-refractivity contribution in [2.45, 2.75) is 36.8 Å². The van der Waals surface area contributed by atoms with E-state index >= 15 is 0 Å². The van der Waals surface area contributed by atoms with Crippen molar-refractivity contribution in [3.63, 3.8) is 0 Å². The van der Waals surface area contributed by atoms with E-state index in [0.717, 1.165) is 27.9 Å². The SMILES string of the molecule is COC(=O)CCN(CCC[C@H]1CN(c2ccc3c(c2)NC(=O)CS3)C(=O)O1)Cc1ccnc2ccc(OC)nc12. The van der Waals surface area contributed by atoms with Gasteiger partial charge in [0.15, 0.2) is 0 Å². The molecule has 12 heteroatoms. The van der Waals surface area contributed by atoms with E-state index in [1.54, 1.807) is 24.3 Å². The first-order valence-corrected chi connectivity index (χ1v) is 14.0. The van der Waals surface area contributed by atoms with Crippen LogP contribution < -0.4 is 15.0 Å². The Bertz CT molecular complexity index is 1420. The van der Waals surface area contributed by atoms with Crippen molar-refractivity contribution in [2.24, 2.45) is 0 Å². The Hall–Kier alpha value is -3.90. The van der Waals surface area contributed by atoms with Gasteiger partial charge in [-0.05, 0) is 55.3 Å². The molecule has 2 aromatic heterocycles. The molecule has 1 saturated heterocycles. The van der Waals surface area contributed by atoms with Gasteiger partial charge >= 0.3 is 12.1 Å². The molecule has 4 heterocycles. The maximum absolute atomic E-state index is 12.7. The molecule has 0 unspecified atom stereocenters. The summed E-state index contributed by atoms with van der Waals surface area (Å²) in [5.74, 6) is 0.571. The first kappa shape index (κ1) is 27.7. The number of cyclic esters (lactones) is 1. The quantitative estimate of drug-likeness (QED) is 0.343. The summed E-state index contributed by atoms with van der Waals surface area (Å²) in [6.45, 7) is 2.18. The molecule has 0 saturated carbocycles. The first-order chi connectivity index (χ1) is 19.4. The van der Waals surface area contributed by atoms with E-state index in [1.165, 1.54) is 18.9 Å². The molecule has 2 aliphatic rings. The van der Waals surface area contributed by atoms with Crippen molar-refractivity contribution in [1.82, 2.24) is 14.9 Å². The molecule has 5 rings (SSSR count). The van der Waals surface area contributed by atoms with Crippen LogP contribution in [-0.4, -0.2) is 78.5 Å². The Kier molecular flexibility index (Phi) is 8.66. The Labute approximate surface area is 236 Å². The van der Waals surface area contributed by atoms with E-state index in [-0.39, 0.29) is 24.4 Å². The average Bonchev–Trinajstić information content (AvgIpc) is 3.34. The van der Waals surface area contributed by atoms with Crippen LogP contribution in [0.1, 0.15) is 24.8 Å². The Morgan fingerprint density at radius 3 is 2.90 bits per heavy atom. The van der Waals surface area contributed by atoms with Crippen LogP contribution in [-0.2, 0) is 25.6 Å². The van der Waals surface area contributed by atoms with Crippen molar-refractivity contribution >= 4 is 52.1 Å². The molecule has 1 N–H and O–H groups in total. The van der Waals surface area contributed by atoms with Crippen LogP contribution in [0.25, 0.3) is 11.0 Å². The number of thioether (sulfide) groups is 1. The van der Waals surface area contributed by atoms with Gasteiger partial charge in [0, 0.05) is 35.9 Å². The van der Waals surface area contributed by atoms with Gasteiger partial charge in [-0.3, -0.25) is 24.4 Å². The molecule has 40 heavy (non-hydrogen) atoms. The molecule has 1 atom stereocenters. The number of methoxy groups -OCH3 is 2. The first-order valence-electron chi connectivity index (χ1n) is 13.1. The number of fused-ring (bicyclic) bond motifs is 2. The van der Waals surface area contributed by atoms with Crippen molar-refractivity contribution in [3.05, 3.63) is 48.2 Å². The van der Waals surface area contributed by atoms with Crippen LogP contribution in [0.15, 0.2) is 47.5 Å². The maximum atomic E-state index is 12.7. The van der Waals surface area contributed by atoms with Crippen LogP contribution in [0.3, 0.4) is 0 Å². The van der Waals surface area contributed by atoms with E-state index in [0.29, 0.717) is 55.6 Å². The van der Waals surface area contributed by atoms with Gasteiger partial charge in [-0.15, -0.1) is 11.8 Å². The molecule has 0 radical (unpaired) electrons. The second-order valence-electron chi connectivity index (χ2n) is 9.57. The molecule has 2 amide bonds. The Balaban J connectivity index is 1.22. The molecule has 1 fully saturated rings. The molecule has 0 bridgehead atoms. The number of ether oxygens (including phenoxy) is 3. The zero-order chi connectivity index (χ0) is 28.1. The number of esters is 1. The lowest BCUT2D eigenvalue weighted by atomic mass is 10.1. The number of nitrogens with one attached hydrogen (secondary N) is 1. The lowest BCUT2D eigenvalue weighted by molar-refractivity contribution is -0.141. The third-order valence-electron chi connectivity index (χ3n) is 6.89. The van der Waals surface area contributed by atoms with E-state index in [2.05, 4.69) is 20.2 Å². The van der Waals surface area contributed by atoms with Gasteiger partial charge in [0.05, 0.1) is 49.7 Å². The molecule has 2 aliphatic heterocycles. The minimum Gasteiger partial charge on any atom is -0.481 e. The van der Waals surface area contributed by atoms with Crippen LogP contribution in [0.4, 0.5) is 16.2 Å². The topological polar surface area (TPSA) is 123 Å². The third-order valence-corrected chi connectivity index (χ3v) is 7.96. The molecule has 0 aliphatic carbocycles. The number of carbonyl (C=O) groups excluding carboxylic acids is 3. The van der Waals surface area contributed by atoms with Crippen molar-refractivity contribution in [1.29, 1.82) is 0 Å². The zero-order valence-corrected chi connectivity index (χ0v) is 23.2. The molecule has 1 aromatic carbocycles. The number of hydrogen-bond donors (Lipinski definition) is 1. The lowest BCUT2D eigenvalue weighted by Gasteiger charge is -2.23. The van der Waals surface area contributed by atoms with Gasteiger partial charge in [0.2, 0.25) is 11.8 Å². The Morgan fingerprint density at radius 1 is 1.20 bits per heavy atom. The summed E-state index contributed by atoms with van der Waals surface area (Å²) in [6.07, 6.45) is 2.77. The summed E-state index contributed by atoms with van der Waals surface area (Å²) in [4.78, 5) is 50.1. The van der Waals surface area contributed by atoms with Gasteiger partial charge in [-0.1, -0.05) is 0 Å². The highest BCUT2D eigenvalue weighted by Crippen LogP contribution is 2.35. The number of carbonyl (C=O) groups is 3. The maximum Gasteiger partial charge on any atom is 0.414 e. The zero-order valence-electron chi connectivity index (χ0n) is 22.4. The van der Waals surface area contributed by atoms with Crippen molar-refractivity contribution in [2.75, 3.05) is 49.8 Å². The number of aromatic nitrogens is 2. The third kappa shape index (κ3) is 6.45. The predicted octanol–water partition coefficient (Wildman–Crippen LogP) is 3.85. The second kappa shape index (κ2) is 12.5. The molecule has 210 valence electrons. The highest BCUT2D eigenvalue weighted by Gasteiger charge is 2.33. The number of rotatable bonds is 11. The van der Waals surface area contributed by atoms with E-state index in [1.807, 2.05) is 30.3 Å². The summed E-state index contributed by atoms with van der Waals surface area (Å²) in [5, 5.41) is 2.87. The Morgan fingerprint density at radius 2 is 2.08 bits per heavy atom. The summed E-state index contributed by atoms with van der Waals surface area (Å²) in [6, 6.07) is 11.2. The monoisotopic (exact) mass is 565 g/mol. The molecule has 3 aromatic rings. The fraction of sp³-hybridized carbons (Fsp3) is 0.393. The largest absolute Gasteiger partial charge is 0.481 e. The molecular weight excluding hydrogens is 534 g/mol.